The van der Waals surface area contributed by atoms with Crippen molar-refractivity contribution < 1.29 is 4.21 Å². The fourth-order valence-electron chi connectivity index (χ4n) is 2.18. The number of fused-ring (bicyclic) bond motifs is 1. The summed E-state index contributed by atoms with van der Waals surface area (Å²) in [6, 6.07) is 6.34. The Kier molecular flexibility index (Phi) is 3.28. The van der Waals surface area contributed by atoms with Crippen LogP contribution in [-0.2, 0) is 10.8 Å². The molecule has 0 amide bonds. The van der Waals surface area contributed by atoms with Gasteiger partial charge in [-0.1, -0.05) is 19.1 Å². The summed E-state index contributed by atoms with van der Waals surface area (Å²) < 4.78 is 13.0. The third kappa shape index (κ3) is 1.90. The van der Waals surface area contributed by atoms with Crippen molar-refractivity contribution in [1.82, 2.24) is 5.32 Å². The molecular formula is C11H14BrNOS. The molecule has 0 bridgehead atoms. The summed E-state index contributed by atoms with van der Waals surface area (Å²) in [7, 11) is 1.09. The van der Waals surface area contributed by atoms with Crippen molar-refractivity contribution in [1.29, 1.82) is 0 Å². The van der Waals surface area contributed by atoms with Crippen LogP contribution in [0, 0.1) is 5.92 Å². The van der Waals surface area contributed by atoms with Crippen LogP contribution in [0.1, 0.15) is 18.5 Å². The molecule has 0 aromatic heterocycles. The third-order valence-electron chi connectivity index (χ3n) is 2.85. The van der Waals surface area contributed by atoms with Crippen molar-refractivity contribution in [3.8, 4) is 0 Å². The second kappa shape index (κ2) is 4.36. The van der Waals surface area contributed by atoms with Crippen molar-refractivity contribution in [2.45, 2.75) is 17.9 Å². The first kappa shape index (κ1) is 11.3. The van der Waals surface area contributed by atoms with E-state index in [-0.39, 0.29) is 0 Å². The van der Waals surface area contributed by atoms with E-state index in [9.17, 15) is 4.21 Å². The van der Waals surface area contributed by atoms with Crippen molar-refractivity contribution in [3.05, 3.63) is 28.2 Å². The molecule has 0 aliphatic carbocycles. The second-order valence-electron chi connectivity index (χ2n) is 3.91. The van der Waals surface area contributed by atoms with E-state index in [2.05, 4.69) is 34.2 Å². The van der Waals surface area contributed by atoms with E-state index in [0.717, 1.165) is 15.1 Å². The van der Waals surface area contributed by atoms with Gasteiger partial charge in [0.05, 0.1) is 15.7 Å². The molecule has 2 rings (SSSR count). The van der Waals surface area contributed by atoms with Crippen LogP contribution < -0.4 is 5.32 Å². The standard InChI is InChI=1S/C11H14BrNOS/c1-7-6-15(14)11-8(10(7)13-2)4-3-5-9(11)12/h3-5,7,10,13H,6H2,1-2H3. The number of benzene rings is 1. The van der Waals surface area contributed by atoms with E-state index < -0.39 is 10.8 Å². The normalized spacial score (nSPS) is 29.9. The Bertz CT molecular complexity index is 408. The lowest BCUT2D eigenvalue weighted by Crippen LogP contribution is -2.32. The summed E-state index contributed by atoms with van der Waals surface area (Å²) in [5, 5.41) is 3.30. The molecule has 3 atom stereocenters. The largest absolute Gasteiger partial charge is 0.313 e. The van der Waals surface area contributed by atoms with Crippen LogP contribution in [0.15, 0.2) is 27.6 Å². The molecule has 82 valence electrons. The first-order valence-electron chi connectivity index (χ1n) is 4.99. The van der Waals surface area contributed by atoms with Crippen LogP contribution in [0.3, 0.4) is 0 Å². The van der Waals surface area contributed by atoms with Crippen LogP contribution in [0.2, 0.25) is 0 Å². The maximum atomic E-state index is 12.0. The number of rotatable bonds is 1. The highest BCUT2D eigenvalue weighted by atomic mass is 79.9. The Morgan fingerprint density at radius 3 is 2.93 bits per heavy atom. The highest BCUT2D eigenvalue weighted by Crippen LogP contribution is 2.37. The van der Waals surface area contributed by atoms with Gasteiger partial charge >= 0.3 is 0 Å². The van der Waals surface area contributed by atoms with Gasteiger partial charge in [0.25, 0.3) is 0 Å². The van der Waals surface area contributed by atoms with Crippen LogP contribution in [0.25, 0.3) is 0 Å². The predicted octanol–water partition coefficient (Wildman–Crippen LogP) is 2.47. The highest BCUT2D eigenvalue weighted by molar-refractivity contribution is 9.10. The maximum Gasteiger partial charge on any atom is 0.0578 e. The van der Waals surface area contributed by atoms with E-state index in [1.54, 1.807) is 0 Å². The average Bonchev–Trinajstić information content (AvgIpc) is 2.17. The van der Waals surface area contributed by atoms with Gasteiger partial charge in [0.1, 0.15) is 0 Å². The lowest BCUT2D eigenvalue weighted by Gasteiger charge is -2.31. The van der Waals surface area contributed by atoms with Crippen molar-refractivity contribution in [3.63, 3.8) is 0 Å². The molecule has 4 heteroatoms. The lowest BCUT2D eigenvalue weighted by atomic mass is 9.95. The molecule has 1 aromatic rings. The molecule has 0 saturated heterocycles. The minimum atomic E-state index is -0.866. The monoisotopic (exact) mass is 287 g/mol. The molecule has 1 aliphatic heterocycles. The first-order valence-corrected chi connectivity index (χ1v) is 7.10. The van der Waals surface area contributed by atoms with Gasteiger partial charge < -0.3 is 5.32 Å². The Balaban J connectivity index is 2.58. The molecule has 3 unspecified atom stereocenters. The fourth-order valence-corrected chi connectivity index (χ4v) is 4.68. The summed E-state index contributed by atoms with van der Waals surface area (Å²) in [5.41, 5.74) is 1.17. The third-order valence-corrected chi connectivity index (χ3v) is 5.52. The molecular weight excluding hydrogens is 274 g/mol. The van der Waals surface area contributed by atoms with Crippen LogP contribution in [-0.4, -0.2) is 17.0 Å². The average molecular weight is 288 g/mol. The SMILES string of the molecule is CNC1c2cccc(Br)c2S(=O)CC1C. The van der Waals surface area contributed by atoms with Crippen molar-refractivity contribution >= 4 is 26.7 Å². The molecule has 1 heterocycles. The molecule has 0 saturated carbocycles. The number of hydrogen-bond donors (Lipinski definition) is 1. The Labute approximate surface area is 101 Å². The predicted molar refractivity (Wildman–Crippen MR) is 66.4 cm³/mol. The molecule has 1 aliphatic rings. The van der Waals surface area contributed by atoms with Crippen LogP contribution >= 0.6 is 15.9 Å². The second-order valence-corrected chi connectivity index (χ2v) is 6.20. The lowest BCUT2D eigenvalue weighted by molar-refractivity contribution is 0.430. The zero-order chi connectivity index (χ0) is 11.0. The minimum absolute atomic E-state index is 0.315. The summed E-state index contributed by atoms with van der Waals surface area (Å²) in [5.74, 6) is 1.15. The topological polar surface area (TPSA) is 29.1 Å². The van der Waals surface area contributed by atoms with E-state index in [4.69, 9.17) is 0 Å². The van der Waals surface area contributed by atoms with E-state index in [1.807, 2.05) is 19.2 Å². The summed E-state index contributed by atoms with van der Waals surface area (Å²) in [6.45, 7) is 2.14. The summed E-state index contributed by atoms with van der Waals surface area (Å²) in [6.07, 6.45) is 0. The molecule has 0 spiro atoms. The van der Waals surface area contributed by atoms with Crippen LogP contribution in [0.4, 0.5) is 0 Å². The molecule has 1 N–H and O–H groups in total. The van der Waals surface area contributed by atoms with Gasteiger partial charge in [-0.05, 0) is 40.5 Å². The number of nitrogens with one attached hydrogen (secondary N) is 1. The van der Waals surface area contributed by atoms with E-state index >= 15 is 0 Å². The molecule has 15 heavy (non-hydrogen) atoms. The molecule has 2 nitrogen and oxygen atoms in total. The minimum Gasteiger partial charge on any atom is -0.313 e. The Hall–Kier alpha value is -0.190. The molecule has 0 fully saturated rings. The van der Waals surface area contributed by atoms with Crippen molar-refractivity contribution in [2.24, 2.45) is 5.92 Å². The molecule has 0 radical (unpaired) electrons. The highest BCUT2D eigenvalue weighted by Gasteiger charge is 2.30. The van der Waals surface area contributed by atoms with E-state index in [1.165, 1.54) is 5.56 Å². The Morgan fingerprint density at radius 2 is 2.27 bits per heavy atom. The van der Waals surface area contributed by atoms with Gasteiger partial charge in [-0.2, -0.15) is 0 Å². The van der Waals surface area contributed by atoms with Gasteiger partial charge in [-0.3, -0.25) is 4.21 Å². The van der Waals surface area contributed by atoms with Gasteiger partial charge in [0, 0.05) is 16.3 Å². The smallest absolute Gasteiger partial charge is 0.0578 e. The summed E-state index contributed by atoms with van der Waals surface area (Å²) >= 11 is 3.48. The van der Waals surface area contributed by atoms with Gasteiger partial charge in [0.2, 0.25) is 0 Å². The van der Waals surface area contributed by atoms with Crippen LogP contribution in [0.5, 0.6) is 0 Å². The van der Waals surface area contributed by atoms with Gasteiger partial charge in [0.15, 0.2) is 0 Å². The van der Waals surface area contributed by atoms with Gasteiger partial charge in [-0.25, -0.2) is 0 Å². The first-order chi connectivity index (χ1) is 7.15. The molecule has 1 aromatic carbocycles. The number of hydrogen-bond acceptors (Lipinski definition) is 2. The zero-order valence-corrected chi connectivity index (χ0v) is 11.2. The maximum absolute atomic E-state index is 12.0. The quantitative estimate of drug-likeness (QED) is 0.860. The Morgan fingerprint density at radius 1 is 1.53 bits per heavy atom. The fraction of sp³-hybridized carbons (Fsp3) is 0.455. The zero-order valence-electron chi connectivity index (χ0n) is 8.79. The van der Waals surface area contributed by atoms with Crippen molar-refractivity contribution in [2.75, 3.05) is 12.8 Å². The van der Waals surface area contributed by atoms with E-state index in [0.29, 0.717) is 12.0 Å². The van der Waals surface area contributed by atoms with Gasteiger partial charge in [-0.15, -0.1) is 0 Å². The summed E-state index contributed by atoms with van der Waals surface area (Å²) in [4.78, 5) is 0.968. The number of halogens is 1.